The molecule has 6 heteroatoms. The Bertz CT molecular complexity index is 517. The van der Waals surface area contributed by atoms with Crippen LogP contribution in [0, 0.1) is 11.7 Å². The molecule has 0 fully saturated rings. The lowest BCUT2D eigenvalue weighted by Crippen LogP contribution is -2.25. The van der Waals surface area contributed by atoms with Gasteiger partial charge in [0.15, 0.2) is 0 Å². The molecule has 0 spiro atoms. The van der Waals surface area contributed by atoms with Crippen LogP contribution in [0.2, 0.25) is 0 Å². The molecule has 0 heterocycles. The van der Waals surface area contributed by atoms with Gasteiger partial charge < -0.3 is 0 Å². The topological polar surface area (TPSA) is 46.2 Å². The lowest BCUT2D eigenvalue weighted by atomic mass is 10.1. The molecule has 1 aromatic rings. The Kier molecular flexibility index (Phi) is 6.42. The standard InChI is InChI=1S/C13H19BrFNO2S/c1-10(2)5-3-4-8-16-19(17,18)11-6-7-12(14)13(15)9-11/h6-7,9-10,16H,3-5,8H2,1-2H3. The van der Waals surface area contributed by atoms with E-state index in [2.05, 4.69) is 34.5 Å². The van der Waals surface area contributed by atoms with Crippen molar-refractivity contribution in [3.8, 4) is 0 Å². The fourth-order valence-electron chi connectivity index (χ4n) is 1.61. The molecule has 0 atom stereocenters. The van der Waals surface area contributed by atoms with Gasteiger partial charge in [0.2, 0.25) is 10.0 Å². The van der Waals surface area contributed by atoms with Crippen molar-refractivity contribution in [3.05, 3.63) is 28.5 Å². The van der Waals surface area contributed by atoms with Crippen molar-refractivity contribution in [2.45, 2.75) is 38.0 Å². The van der Waals surface area contributed by atoms with Gasteiger partial charge >= 0.3 is 0 Å². The summed E-state index contributed by atoms with van der Waals surface area (Å²) in [7, 11) is -3.61. The molecule has 0 aliphatic carbocycles. The maximum Gasteiger partial charge on any atom is 0.240 e. The molecule has 1 N–H and O–H groups in total. The highest BCUT2D eigenvalue weighted by atomic mass is 79.9. The van der Waals surface area contributed by atoms with E-state index in [1.54, 1.807) is 0 Å². The molecule has 1 rings (SSSR count). The van der Waals surface area contributed by atoms with Crippen LogP contribution in [0.5, 0.6) is 0 Å². The van der Waals surface area contributed by atoms with Gasteiger partial charge in [-0.25, -0.2) is 17.5 Å². The van der Waals surface area contributed by atoms with E-state index < -0.39 is 15.8 Å². The zero-order chi connectivity index (χ0) is 14.5. The number of nitrogens with one attached hydrogen (secondary N) is 1. The van der Waals surface area contributed by atoms with Crippen LogP contribution in [0.15, 0.2) is 27.6 Å². The highest BCUT2D eigenvalue weighted by Gasteiger charge is 2.15. The molecule has 108 valence electrons. The van der Waals surface area contributed by atoms with Crippen LogP contribution in [0.1, 0.15) is 33.1 Å². The molecule has 0 amide bonds. The average molecular weight is 352 g/mol. The first-order chi connectivity index (χ1) is 8.83. The van der Waals surface area contributed by atoms with Gasteiger partial charge in [-0.3, -0.25) is 0 Å². The molecule has 0 unspecified atom stereocenters. The van der Waals surface area contributed by atoms with Crippen LogP contribution in [0.25, 0.3) is 0 Å². The van der Waals surface area contributed by atoms with Crippen molar-refractivity contribution in [2.24, 2.45) is 5.92 Å². The minimum Gasteiger partial charge on any atom is -0.211 e. The Hall–Kier alpha value is -0.460. The van der Waals surface area contributed by atoms with Crippen molar-refractivity contribution in [1.29, 1.82) is 0 Å². The van der Waals surface area contributed by atoms with Crippen LogP contribution >= 0.6 is 15.9 Å². The molecule has 0 aromatic heterocycles. The van der Waals surface area contributed by atoms with Crippen molar-refractivity contribution >= 4 is 26.0 Å². The Morgan fingerprint density at radius 3 is 2.58 bits per heavy atom. The number of benzene rings is 1. The zero-order valence-corrected chi connectivity index (χ0v) is 13.5. The maximum atomic E-state index is 13.3. The number of hydrogen-bond donors (Lipinski definition) is 1. The van der Waals surface area contributed by atoms with E-state index in [1.807, 2.05) is 0 Å². The summed E-state index contributed by atoms with van der Waals surface area (Å²) in [6, 6.07) is 3.78. The minimum absolute atomic E-state index is 0.0444. The second-order valence-corrected chi connectivity index (χ2v) is 7.48. The molecule has 0 saturated heterocycles. The third kappa shape index (κ3) is 5.58. The molecule has 0 saturated carbocycles. The fourth-order valence-corrected chi connectivity index (χ4v) is 2.94. The van der Waals surface area contributed by atoms with Gasteiger partial charge in [-0.2, -0.15) is 0 Å². The lowest BCUT2D eigenvalue weighted by Gasteiger charge is -2.08. The monoisotopic (exact) mass is 351 g/mol. The van der Waals surface area contributed by atoms with E-state index in [9.17, 15) is 12.8 Å². The van der Waals surface area contributed by atoms with E-state index in [-0.39, 0.29) is 9.37 Å². The van der Waals surface area contributed by atoms with Crippen molar-refractivity contribution in [2.75, 3.05) is 6.54 Å². The minimum atomic E-state index is -3.61. The molecule has 1 aromatic carbocycles. The summed E-state index contributed by atoms with van der Waals surface area (Å²) in [5.41, 5.74) is 0. The SMILES string of the molecule is CC(C)CCCCNS(=O)(=O)c1ccc(Br)c(F)c1. The summed E-state index contributed by atoms with van der Waals surface area (Å²) in [6.45, 7) is 4.65. The van der Waals surface area contributed by atoms with Crippen LogP contribution in [0.4, 0.5) is 4.39 Å². The van der Waals surface area contributed by atoms with E-state index in [0.717, 1.165) is 25.3 Å². The number of rotatable bonds is 7. The van der Waals surface area contributed by atoms with Crippen molar-refractivity contribution in [3.63, 3.8) is 0 Å². The lowest BCUT2D eigenvalue weighted by molar-refractivity contribution is 0.530. The highest BCUT2D eigenvalue weighted by Crippen LogP contribution is 2.19. The smallest absolute Gasteiger partial charge is 0.211 e. The van der Waals surface area contributed by atoms with Gasteiger partial charge in [0.25, 0.3) is 0 Å². The van der Waals surface area contributed by atoms with E-state index in [1.165, 1.54) is 12.1 Å². The molecule has 19 heavy (non-hydrogen) atoms. The van der Waals surface area contributed by atoms with Crippen LogP contribution < -0.4 is 4.72 Å². The summed E-state index contributed by atoms with van der Waals surface area (Å²) >= 11 is 2.99. The molecular formula is C13H19BrFNO2S. The highest BCUT2D eigenvalue weighted by molar-refractivity contribution is 9.10. The third-order valence-corrected chi connectivity index (χ3v) is 4.80. The second-order valence-electron chi connectivity index (χ2n) is 4.86. The van der Waals surface area contributed by atoms with E-state index >= 15 is 0 Å². The fraction of sp³-hybridized carbons (Fsp3) is 0.538. The average Bonchev–Trinajstić information content (AvgIpc) is 2.31. The third-order valence-electron chi connectivity index (χ3n) is 2.70. The summed E-state index contributed by atoms with van der Waals surface area (Å²) in [5, 5.41) is 0. The van der Waals surface area contributed by atoms with E-state index in [4.69, 9.17) is 0 Å². The Labute approximate surface area is 122 Å². The van der Waals surface area contributed by atoms with Crippen molar-refractivity contribution in [1.82, 2.24) is 4.72 Å². The molecule has 0 radical (unpaired) electrons. The normalized spacial score (nSPS) is 12.1. The quantitative estimate of drug-likeness (QED) is 0.761. The van der Waals surface area contributed by atoms with Gasteiger partial charge in [0, 0.05) is 6.54 Å². The van der Waals surface area contributed by atoms with Gasteiger partial charge in [-0.05, 0) is 46.5 Å². The zero-order valence-electron chi connectivity index (χ0n) is 11.1. The van der Waals surface area contributed by atoms with Crippen molar-refractivity contribution < 1.29 is 12.8 Å². The first-order valence-electron chi connectivity index (χ1n) is 6.27. The van der Waals surface area contributed by atoms with Gasteiger partial charge in [0.1, 0.15) is 5.82 Å². The van der Waals surface area contributed by atoms with Crippen LogP contribution in [-0.4, -0.2) is 15.0 Å². The van der Waals surface area contributed by atoms with Gasteiger partial charge in [-0.1, -0.05) is 26.7 Å². The van der Waals surface area contributed by atoms with Gasteiger partial charge in [0.05, 0.1) is 9.37 Å². The Morgan fingerprint density at radius 2 is 2.00 bits per heavy atom. The number of halogens is 2. The summed E-state index contributed by atoms with van der Waals surface area (Å²) in [5.74, 6) is 0.0415. The summed E-state index contributed by atoms with van der Waals surface area (Å²) in [6.07, 6.45) is 2.85. The molecule has 3 nitrogen and oxygen atoms in total. The van der Waals surface area contributed by atoms with E-state index in [0.29, 0.717) is 12.5 Å². The Morgan fingerprint density at radius 1 is 1.32 bits per heavy atom. The van der Waals surface area contributed by atoms with Crippen LogP contribution in [-0.2, 0) is 10.0 Å². The first kappa shape index (κ1) is 16.6. The number of sulfonamides is 1. The van der Waals surface area contributed by atoms with Gasteiger partial charge in [-0.15, -0.1) is 0 Å². The Balaban J connectivity index is 2.54. The number of unbranched alkanes of at least 4 members (excludes halogenated alkanes) is 1. The predicted molar refractivity (Wildman–Crippen MR) is 78.0 cm³/mol. The first-order valence-corrected chi connectivity index (χ1v) is 8.55. The maximum absolute atomic E-state index is 13.3. The van der Waals surface area contributed by atoms with Crippen LogP contribution in [0.3, 0.4) is 0 Å². The molecule has 0 bridgehead atoms. The predicted octanol–water partition coefficient (Wildman–Crippen LogP) is 3.69. The summed E-state index contributed by atoms with van der Waals surface area (Å²) in [4.78, 5) is -0.0444. The summed E-state index contributed by atoms with van der Waals surface area (Å²) < 4.78 is 39.8. The molecule has 0 aliphatic heterocycles. The second kappa shape index (κ2) is 7.36. The largest absolute Gasteiger partial charge is 0.240 e. The number of hydrogen-bond acceptors (Lipinski definition) is 2. The molecular weight excluding hydrogens is 333 g/mol. The molecule has 0 aliphatic rings.